The Morgan fingerprint density at radius 3 is 0.520 bits per heavy atom. The quantitative estimate of drug-likeness (QED) is 0.281. The summed E-state index contributed by atoms with van der Waals surface area (Å²) in [6.45, 7) is 52.9. The van der Waals surface area contributed by atoms with E-state index in [9.17, 15) is 0 Å². The maximum Gasteiger partial charge on any atom is -0.0256 e. The van der Waals surface area contributed by atoms with Gasteiger partial charge in [0.1, 0.15) is 0 Å². The lowest BCUT2D eigenvalue weighted by Crippen LogP contribution is -1.95. The average Bonchev–Trinajstić information content (AvgIpc) is 2.89. The highest BCUT2D eigenvalue weighted by Gasteiger charge is 1.97. The molecule has 2 aromatic carbocycles. The Hall–Kier alpha value is -1.56. The van der Waals surface area contributed by atoms with Crippen LogP contribution in [0.15, 0.2) is 60.7 Å². The third-order valence-electron chi connectivity index (χ3n) is 5.64. The largest absolute Gasteiger partial charge is 0.0776 e. The van der Waals surface area contributed by atoms with Gasteiger partial charge in [0.15, 0.2) is 0 Å². The van der Waals surface area contributed by atoms with Crippen LogP contribution in [0, 0.1) is 59.2 Å². The Labute approximate surface area is 323 Å². The molecule has 0 amide bonds. The molecule has 0 spiro atoms. The molecule has 0 nitrogen and oxygen atoms in total. The molecule has 0 aliphatic heterocycles. The predicted octanol–water partition coefficient (Wildman–Crippen LogP) is 18.3. The summed E-state index contributed by atoms with van der Waals surface area (Å²) in [5.74, 6) is 8.27. The lowest BCUT2D eigenvalue weighted by molar-refractivity contribution is 0.457. The molecule has 50 heavy (non-hydrogen) atoms. The molecular formula is C50H104. The van der Waals surface area contributed by atoms with Gasteiger partial charge in [0, 0.05) is 0 Å². The van der Waals surface area contributed by atoms with Crippen molar-refractivity contribution >= 4 is 0 Å². The fourth-order valence-electron chi connectivity index (χ4n) is 2.17. The van der Waals surface area contributed by atoms with Gasteiger partial charge in [-0.15, -0.1) is 0 Å². The van der Waals surface area contributed by atoms with Gasteiger partial charge in [0.25, 0.3) is 0 Å². The van der Waals surface area contributed by atoms with Gasteiger partial charge in [0.05, 0.1) is 0 Å². The Kier molecular flexibility index (Phi) is 63.2. The molecule has 304 valence electrons. The van der Waals surface area contributed by atoms with Gasteiger partial charge in [-0.1, -0.05) is 242 Å². The van der Waals surface area contributed by atoms with E-state index in [4.69, 9.17) is 0 Å². The number of benzene rings is 2. The maximum atomic E-state index is 2.24. The van der Waals surface area contributed by atoms with Crippen molar-refractivity contribution in [3.63, 3.8) is 0 Å². The second-order valence-electron chi connectivity index (χ2n) is 18.1. The van der Waals surface area contributed by atoms with Gasteiger partial charge in [-0.25, -0.2) is 0 Å². The number of rotatable bonds is 6. The summed E-state index contributed by atoms with van der Waals surface area (Å²) in [6, 6.07) is 21.2. The first-order valence-corrected chi connectivity index (χ1v) is 19.9. The van der Waals surface area contributed by atoms with E-state index in [-0.39, 0.29) is 14.9 Å². The van der Waals surface area contributed by atoms with Crippen molar-refractivity contribution in [2.45, 2.75) is 194 Å². The van der Waals surface area contributed by atoms with Crippen molar-refractivity contribution in [1.82, 2.24) is 0 Å². The highest BCUT2D eigenvalue weighted by atomic mass is 14.0. The summed E-state index contributed by atoms with van der Waals surface area (Å²) < 4.78 is 0. The standard InChI is InChI=1S/2C10H14.2C6H14.4C4H10.2CH4/c2*1-9(2)8-10-6-4-3-5-7-10;2*1-5(2)6(3)4;4*1-4(2)3;;/h2*3-7,9H,8H2,1-2H3;2*5-6H,1-4H3;4*4H,1-3H3;2*1H4. The highest BCUT2D eigenvalue weighted by molar-refractivity contribution is 5.15. The van der Waals surface area contributed by atoms with Crippen molar-refractivity contribution in [3.8, 4) is 0 Å². The van der Waals surface area contributed by atoms with E-state index in [1.165, 1.54) is 24.0 Å². The molecule has 0 heteroatoms. The van der Waals surface area contributed by atoms with Gasteiger partial charge in [0.2, 0.25) is 0 Å². The minimum absolute atomic E-state index is 0. The van der Waals surface area contributed by atoms with Gasteiger partial charge in [-0.3, -0.25) is 0 Å². The Bertz CT molecular complexity index is 669. The van der Waals surface area contributed by atoms with Crippen molar-refractivity contribution < 1.29 is 0 Å². The van der Waals surface area contributed by atoms with Gasteiger partial charge >= 0.3 is 0 Å². The van der Waals surface area contributed by atoms with Gasteiger partial charge in [-0.2, -0.15) is 0 Å². The van der Waals surface area contributed by atoms with Crippen LogP contribution in [0.3, 0.4) is 0 Å². The van der Waals surface area contributed by atoms with Crippen LogP contribution in [0.2, 0.25) is 0 Å². The van der Waals surface area contributed by atoms with Gasteiger partial charge < -0.3 is 0 Å². The normalized spacial score (nSPS) is 9.64. The zero-order chi connectivity index (χ0) is 39.4. The van der Waals surface area contributed by atoms with E-state index in [1.807, 2.05) is 0 Å². The summed E-state index contributed by atoms with van der Waals surface area (Å²) in [6.07, 6.45) is 2.39. The molecule has 0 aliphatic rings. The van der Waals surface area contributed by atoms with E-state index in [0.29, 0.717) is 0 Å². The predicted molar refractivity (Wildman–Crippen MR) is 245 cm³/mol. The number of hydrogen-bond donors (Lipinski definition) is 0. The second kappa shape index (κ2) is 47.4. The van der Waals surface area contributed by atoms with Crippen LogP contribution < -0.4 is 0 Å². The zero-order valence-electron chi connectivity index (χ0n) is 38.0. The first-order chi connectivity index (χ1) is 21.8. The molecule has 0 aromatic heterocycles. The smallest absolute Gasteiger partial charge is 0.0256 e. The molecular weight excluding hydrogens is 601 g/mol. The molecule has 0 atom stereocenters. The zero-order valence-corrected chi connectivity index (χ0v) is 38.0. The summed E-state index contributed by atoms with van der Waals surface area (Å²) in [5.41, 5.74) is 2.88. The SMILES string of the molecule is C.C.CC(C)C.CC(C)C.CC(C)C.CC(C)C.CC(C)C(C)C.CC(C)C(C)C.CC(C)Cc1ccccc1.CC(C)Cc1ccccc1. The molecule has 0 fully saturated rings. The molecule has 0 aliphatic carbocycles. The minimum atomic E-state index is 0. The molecule has 0 saturated carbocycles. The average molecular weight is 705 g/mol. The first-order valence-electron chi connectivity index (χ1n) is 19.9. The van der Waals surface area contributed by atoms with Crippen LogP contribution in [0.25, 0.3) is 0 Å². The van der Waals surface area contributed by atoms with Crippen LogP contribution in [0.5, 0.6) is 0 Å². The Morgan fingerprint density at radius 1 is 0.280 bits per heavy atom. The topological polar surface area (TPSA) is 0 Å². The van der Waals surface area contributed by atoms with Crippen molar-refractivity contribution in [3.05, 3.63) is 71.8 Å². The third-order valence-corrected chi connectivity index (χ3v) is 5.64. The third kappa shape index (κ3) is 103. The van der Waals surface area contributed by atoms with E-state index in [1.54, 1.807) is 0 Å². The van der Waals surface area contributed by atoms with Gasteiger partial charge in [-0.05, 0) is 83.1 Å². The molecule has 0 saturated heterocycles. The summed E-state index contributed by atoms with van der Waals surface area (Å²) in [4.78, 5) is 0. The van der Waals surface area contributed by atoms with Crippen molar-refractivity contribution in [2.24, 2.45) is 59.2 Å². The Balaban J connectivity index is -0.0000000692. The van der Waals surface area contributed by atoms with Crippen LogP contribution in [-0.4, -0.2) is 0 Å². The van der Waals surface area contributed by atoms with Crippen LogP contribution in [0.4, 0.5) is 0 Å². The first kappa shape index (κ1) is 66.7. The van der Waals surface area contributed by atoms with Crippen LogP contribution in [-0.2, 0) is 12.8 Å². The highest BCUT2D eigenvalue weighted by Crippen LogP contribution is 2.08. The van der Waals surface area contributed by atoms with E-state index in [2.05, 4.69) is 227 Å². The Morgan fingerprint density at radius 2 is 0.420 bits per heavy atom. The van der Waals surface area contributed by atoms with Crippen molar-refractivity contribution in [1.29, 1.82) is 0 Å². The van der Waals surface area contributed by atoms with E-state index in [0.717, 1.165) is 59.2 Å². The van der Waals surface area contributed by atoms with E-state index < -0.39 is 0 Å². The van der Waals surface area contributed by atoms with Crippen molar-refractivity contribution in [2.75, 3.05) is 0 Å². The lowest BCUT2D eigenvalue weighted by Gasteiger charge is -2.05. The fraction of sp³-hybridized carbons (Fsp3) is 0.760. The van der Waals surface area contributed by atoms with Crippen LogP contribution in [0.1, 0.15) is 192 Å². The summed E-state index contributed by atoms with van der Waals surface area (Å²) >= 11 is 0. The maximum absolute atomic E-state index is 2.24. The second-order valence-corrected chi connectivity index (χ2v) is 18.1. The fourth-order valence-corrected chi connectivity index (χ4v) is 2.17. The summed E-state index contributed by atoms with van der Waals surface area (Å²) in [7, 11) is 0. The minimum Gasteiger partial charge on any atom is -0.0776 e. The molecule has 0 unspecified atom stereocenters. The summed E-state index contributed by atoms with van der Waals surface area (Å²) in [5, 5.41) is 0. The molecule has 0 bridgehead atoms. The monoisotopic (exact) mass is 705 g/mol. The lowest BCUT2D eigenvalue weighted by atomic mass is 10.0. The molecule has 2 aromatic rings. The van der Waals surface area contributed by atoms with E-state index >= 15 is 0 Å². The molecule has 2 rings (SSSR count). The number of hydrogen-bond acceptors (Lipinski definition) is 0. The van der Waals surface area contributed by atoms with Crippen LogP contribution >= 0.6 is 0 Å². The molecule has 0 radical (unpaired) electrons. The molecule has 0 N–H and O–H groups in total. The molecule has 0 heterocycles.